The number of aryl methyl sites for hydroxylation is 1. The van der Waals surface area contributed by atoms with Crippen LogP contribution in [0.2, 0.25) is 0 Å². The minimum atomic E-state index is -0.507. The summed E-state index contributed by atoms with van der Waals surface area (Å²) in [7, 11) is 1.64. The molecule has 18 nitrogen and oxygen atoms in total. The first-order chi connectivity index (χ1) is 39.8. The molecule has 5 aromatic rings. The second-order valence-electron chi connectivity index (χ2n) is 20.9. The number of H-pyrrole nitrogens is 1. The number of amidine groups is 1. The van der Waals surface area contributed by atoms with Crippen molar-refractivity contribution in [1.82, 2.24) is 41.2 Å². The number of halogens is 1. The minimum absolute atomic E-state index is 0.0554. The number of aromatic amines is 1. The van der Waals surface area contributed by atoms with Crippen molar-refractivity contribution in [3.63, 3.8) is 0 Å². The van der Waals surface area contributed by atoms with Gasteiger partial charge in [-0.15, -0.1) is 0 Å². The van der Waals surface area contributed by atoms with Gasteiger partial charge in [-0.05, 0) is 135 Å². The standard InChI is InChI=1S/C38H46FN9O3.C23H31N3O3.C2H6/c1-23(50-3)21-51-22-44-38(48-20-29-15-30(48)18-43-29)33-16-31(25-11-12-25)32(37(49)36(33)42-2)13-27(17-40)34(41)14-28(39)6-4-5-24-7-9-26(10-8-24)35-19-45-47-46-35;1-17(2)13-20(5-3-12-25-16-28)23(29)26-22(15-27)19-9-7-18(8-10-19)21-6-4-11-24-14-21;1-2/h6-10,13-14,16-17,19,23,25,29-30,40,43,49H,2,4-5,11-12,15,18,20-22,41H2,1,3H3,(H,45,46,47);4,6-11,14,16-17,20,22,27H,3,5,12-13,15H2,1-2H3,(H,25,28)(H,26,29);1-2H3/b27-13+,28-6-,34-14+,40-17?,44-38+;;/t23-,29?,30?;;/m0../s1. The van der Waals surface area contributed by atoms with Crippen LogP contribution in [-0.4, -0.2) is 131 Å². The summed E-state index contributed by atoms with van der Waals surface area (Å²) in [5.74, 6) is 0.506. The van der Waals surface area contributed by atoms with Crippen molar-refractivity contribution in [3.05, 3.63) is 142 Å². The van der Waals surface area contributed by atoms with Crippen LogP contribution >= 0.6 is 0 Å². The fraction of sp³-hybridized carbons (Fsp3) is 0.429. The van der Waals surface area contributed by atoms with Crippen LogP contribution in [-0.2, 0) is 25.5 Å². The van der Waals surface area contributed by atoms with Crippen LogP contribution in [0.3, 0.4) is 0 Å². The first-order valence-corrected chi connectivity index (χ1v) is 28.4. The van der Waals surface area contributed by atoms with Crippen LogP contribution in [0.25, 0.3) is 28.5 Å². The van der Waals surface area contributed by atoms with Crippen molar-refractivity contribution in [3.8, 4) is 28.1 Å². The molecule has 2 amide bonds. The summed E-state index contributed by atoms with van der Waals surface area (Å²) in [5.41, 5.74) is 14.7. The molecule has 2 aromatic heterocycles. The Bertz CT molecular complexity index is 2950. The van der Waals surface area contributed by atoms with E-state index in [2.05, 4.69) is 66.8 Å². The van der Waals surface area contributed by atoms with E-state index in [1.54, 1.807) is 31.8 Å². The average molecular weight is 1120 g/mol. The maximum atomic E-state index is 15.1. The lowest BCUT2D eigenvalue weighted by Gasteiger charge is -2.32. The number of phenols is 1. The SMILES string of the molecule is C=Nc1c(/C(=N\COC[C@H](C)OC)N2CC3CC2CN3)cc(C2CC2)c(/C=C(C=N)/C(N)=C\C(F)=C\CCc2ccc(-c3cn[nH]n3)cc2)c1O.CC.CC(C)CC(CCCNC=O)C(=O)NC(CO)c1ccc(-c2cccnc2)cc1. The number of aromatic hydroxyl groups is 1. The molecule has 1 aliphatic carbocycles. The van der Waals surface area contributed by atoms with Gasteiger partial charge in [0.2, 0.25) is 12.3 Å². The summed E-state index contributed by atoms with van der Waals surface area (Å²) in [6.07, 6.45) is 17.4. The number of phenolic OH excluding ortho intramolecular Hbond substituents is 1. The zero-order valence-corrected chi connectivity index (χ0v) is 48.3. The number of aromatic nitrogens is 4. The number of hydrogen-bond acceptors (Lipinski definition) is 14. The number of piperazine rings is 1. The largest absolute Gasteiger partial charge is 0.505 e. The fourth-order valence-electron chi connectivity index (χ4n) is 10.1. The number of likely N-dealkylation sites (tertiary alicyclic amines) is 1. The molecular formula is C63H83FN12O6. The highest BCUT2D eigenvalue weighted by Gasteiger charge is 2.41. The molecule has 4 unspecified atom stereocenters. The summed E-state index contributed by atoms with van der Waals surface area (Å²) < 4.78 is 26.2. The molecule has 2 saturated heterocycles. The smallest absolute Gasteiger partial charge is 0.223 e. The predicted molar refractivity (Wildman–Crippen MR) is 324 cm³/mol. The van der Waals surface area contributed by atoms with Gasteiger partial charge in [-0.2, -0.15) is 15.4 Å². The van der Waals surface area contributed by atoms with E-state index in [1.165, 1.54) is 12.2 Å². The van der Waals surface area contributed by atoms with Crippen LogP contribution in [0, 0.1) is 17.2 Å². The number of rotatable bonds is 28. The van der Waals surface area contributed by atoms with Gasteiger partial charge in [-0.25, -0.2) is 9.38 Å². The lowest BCUT2D eigenvalue weighted by molar-refractivity contribution is -0.126. The van der Waals surface area contributed by atoms with Crippen molar-refractivity contribution >= 4 is 42.8 Å². The van der Waals surface area contributed by atoms with Crippen molar-refractivity contribution in [2.45, 2.75) is 116 Å². The Balaban J connectivity index is 0.000000296. The molecule has 2 aliphatic heterocycles. The first-order valence-electron chi connectivity index (χ1n) is 28.4. The molecule has 9 N–H and O–H groups in total. The number of allylic oxidation sites excluding steroid dienone is 4. The van der Waals surface area contributed by atoms with Gasteiger partial charge in [0, 0.05) is 91.3 Å². The number of ether oxygens (including phenoxy) is 2. The molecule has 19 heteroatoms. The molecule has 1 saturated carbocycles. The molecule has 438 valence electrons. The zero-order valence-electron chi connectivity index (χ0n) is 48.3. The van der Waals surface area contributed by atoms with E-state index in [0.717, 1.165) is 90.5 Å². The molecule has 3 fully saturated rings. The van der Waals surface area contributed by atoms with Gasteiger partial charge in [0.15, 0.2) is 0 Å². The lowest BCUT2D eigenvalue weighted by atomic mass is 9.91. The predicted octanol–water partition coefficient (Wildman–Crippen LogP) is 9.66. The highest BCUT2D eigenvalue weighted by atomic mass is 19.1. The van der Waals surface area contributed by atoms with Gasteiger partial charge < -0.3 is 51.7 Å². The van der Waals surface area contributed by atoms with E-state index < -0.39 is 11.9 Å². The highest BCUT2D eigenvalue weighted by Crippen LogP contribution is 2.49. The van der Waals surface area contributed by atoms with Gasteiger partial charge in [-0.1, -0.05) is 82.3 Å². The van der Waals surface area contributed by atoms with E-state index in [4.69, 9.17) is 25.6 Å². The van der Waals surface area contributed by atoms with E-state index in [1.807, 2.05) is 87.5 Å². The number of carbonyl (C=O) groups is 2. The van der Waals surface area contributed by atoms with Crippen molar-refractivity contribution in [2.24, 2.45) is 27.6 Å². The number of nitrogens with zero attached hydrogens (tertiary/aromatic N) is 6. The minimum Gasteiger partial charge on any atom is -0.505 e. The number of benzene rings is 3. The quantitative estimate of drug-likeness (QED) is 0.00765. The first kappa shape index (κ1) is 63.5. The number of aliphatic hydroxyl groups is 1. The van der Waals surface area contributed by atoms with Crippen LogP contribution in [0.5, 0.6) is 5.75 Å². The summed E-state index contributed by atoms with van der Waals surface area (Å²) in [6, 6.07) is 21.8. The van der Waals surface area contributed by atoms with Crippen LogP contribution in [0.4, 0.5) is 10.1 Å². The Morgan fingerprint density at radius 1 is 1.07 bits per heavy atom. The van der Waals surface area contributed by atoms with Gasteiger partial charge in [0.25, 0.3) is 0 Å². The molecule has 8 rings (SSSR count). The third-order valence-corrected chi connectivity index (χ3v) is 14.6. The number of nitrogens with one attached hydrogen (secondary N) is 5. The molecule has 0 radical (unpaired) electrons. The summed E-state index contributed by atoms with van der Waals surface area (Å²) in [4.78, 5) is 38.8. The molecule has 5 atom stereocenters. The van der Waals surface area contributed by atoms with Crippen LogP contribution < -0.4 is 21.7 Å². The van der Waals surface area contributed by atoms with Gasteiger partial charge in [0.05, 0.1) is 31.6 Å². The van der Waals surface area contributed by atoms with Crippen molar-refractivity contribution in [2.75, 3.05) is 46.7 Å². The fourth-order valence-corrected chi connectivity index (χ4v) is 10.1. The molecule has 0 spiro atoms. The lowest BCUT2D eigenvalue weighted by Crippen LogP contribution is -2.47. The van der Waals surface area contributed by atoms with E-state index in [-0.39, 0.29) is 65.9 Å². The number of fused-ring (bicyclic) bond motifs is 2. The Morgan fingerprint density at radius 2 is 1.83 bits per heavy atom. The number of hydrogen-bond donors (Lipinski definition) is 8. The molecule has 3 aliphatic rings. The number of aliphatic imine (C=N–C) groups is 2. The number of methoxy groups -OCH3 is 1. The second-order valence-corrected chi connectivity index (χ2v) is 20.9. The van der Waals surface area contributed by atoms with E-state index in [9.17, 15) is 19.8 Å². The Labute approximate surface area is 482 Å². The highest BCUT2D eigenvalue weighted by molar-refractivity contribution is 6.06. The van der Waals surface area contributed by atoms with Gasteiger partial charge >= 0.3 is 0 Å². The molecule has 2 bridgehead atoms. The zero-order chi connectivity index (χ0) is 59.0. The summed E-state index contributed by atoms with van der Waals surface area (Å²) in [5, 5.41) is 49.5. The molecule has 3 aromatic carbocycles. The third kappa shape index (κ3) is 18.1. The second kappa shape index (κ2) is 32.7. The summed E-state index contributed by atoms with van der Waals surface area (Å²) in [6.45, 7) is 16.4. The number of pyridine rings is 1. The van der Waals surface area contributed by atoms with Gasteiger partial charge in [-0.3, -0.25) is 19.6 Å². The van der Waals surface area contributed by atoms with Crippen molar-refractivity contribution in [1.29, 1.82) is 5.41 Å². The monoisotopic (exact) mass is 1120 g/mol. The van der Waals surface area contributed by atoms with E-state index in [0.29, 0.717) is 67.7 Å². The number of nitrogens with two attached hydrogens (primary N) is 1. The maximum absolute atomic E-state index is 15.1. The maximum Gasteiger partial charge on any atom is 0.223 e. The molecule has 4 heterocycles. The van der Waals surface area contributed by atoms with Crippen molar-refractivity contribution < 1.29 is 33.7 Å². The van der Waals surface area contributed by atoms with E-state index >= 15 is 4.39 Å². The van der Waals surface area contributed by atoms with Gasteiger partial charge in [0.1, 0.15) is 35.5 Å². The topological polar surface area (TPSA) is 261 Å². The van der Waals surface area contributed by atoms with Crippen LogP contribution in [0.15, 0.2) is 125 Å². The number of amides is 2. The summed E-state index contributed by atoms with van der Waals surface area (Å²) >= 11 is 0. The Kier molecular flexibility index (Phi) is 25.3. The normalized spacial score (nSPS) is 17.3. The average Bonchev–Trinajstić information content (AvgIpc) is 3.84. The number of aliphatic hydroxyl groups excluding tert-OH is 1. The molecule has 82 heavy (non-hydrogen) atoms. The third-order valence-electron chi connectivity index (χ3n) is 14.6. The van der Waals surface area contributed by atoms with Crippen LogP contribution in [0.1, 0.15) is 119 Å². The number of carbonyl (C=O) groups excluding carboxylic acids is 2. The Morgan fingerprint density at radius 3 is 2.43 bits per heavy atom. The molecular weight excluding hydrogens is 1040 g/mol. The Hall–Kier alpha value is -7.71.